The predicted octanol–water partition coefficient (Wildman–Crippen LogP) is 2.95. The van der Waals surface area contributed by atoms with Gasteiger partial charge in [-0.15, -0.1) is 0 Å². The number of fused-ring (bicyclic) bond motifs is 1. The van der Waals surface area contributed by atoms with Gasteiger partial charge in [0.2, 0.25) is 5.79 Å². The van der Waals surface area contributed by atoms with Crippen LogP contribution in [0.2, 0.25) is 0 Å². The molecule has 0 radical (unpaired) electrons. The number of carbonyl (C=O) groups excluding carboxylic acids is 2. The van der Waals surface area contributed by atoms with Gasteiger partial charge in [0, 0.05) is 51.6 Å². The zero-order valence-electron chi connectivity index (χ0n) is 27.7. The molecule has 0 aromatic carbocycles. The lowest BCUT2D eigenvalue weighted by atomic mass is 9.72. The molecule has 0 aromatic rings. The lowest BCUT2D eigenvalue weighted by Crippen LogP contribution is -2.69. The van der Waals surface area contributed by atoms with Crippen LogP contribution in [0.4, 0.5) is 0 Å². The van der Waals surface area contributed by atoms with Gasteiger partial charge in [-0.05, 0) is 13.3 Å². The summed E-state index contributed by atoms with van der Waals surface area (Å²) in [5, 5.41) is 14.0. The van der Waals surface area contributed by atoms with Crippen molar-refractivity contribution in [2.75, 3.05) is 35.2 Å². The van der Waals surface area contributed by atoms with E-state index < -0.39 is 53.7 Å². The number of rotatable bonds is 13. The van der Waals surface area contributed by atoms with Crippen molar-refractivity contribution in [3.05, 3.63) is 48.6 Å². The van der Waals surface area contributed by atoms with E-state index in [1.807, 2.05) is 45.9 Å². The monoisotopic (exact) mass is 637 g/mol. The standard InChI is InChI=1S/C33H51NO11/c1-20-18-33(41-9,45-22(3)21(20)2)28(36)30(37)34-31-27-26(42-19-43-31)29(40-8)32(4,5)24(44-27)17-23(38-6)15-13-11-10-12-14-16-25(35)39-7/h10,12-16,21-24,26-29,31,36H,1,11,17-19H2,2-9H3,(H,34,37)/b12-10+,15-13+,16-14+/t21-,22-,23-,24-,26+,27+,28-,29-,31-,33-/m1/s1. The highest BCUT2D eigenvalue weighted by atomic mass is 16.7. The third-order valence-electron chi connectivity index (χ3n) is 9.12. The molecule has 0 aromatic heterocycles. The van der Waals surface area contributed by atoms with Gasteiger partial charge in [-0.1, -0.05) is 63.3 Å². The molecule has 3 saturated heterocycles. The minimum atomic E-state index is -1.67. The van der Waals surface area contributed by atoms with Gasteiger partial charge in [0.05, 0.1) is 31.5 Å². The maximum atomic E-state index is 13.5. The highest BCUT2D eigenvalue weighted by Crippen LogP contribution is 2.44. The first-order valence-corrected chi connectivity index (χ1v) is 15.3. The Morgan fingerprint density at radius 1 is 1.11 bits per heavy atom. The van der Waals surface area contributed by atoms with Crippen LogP contribution in [0.15, 0.2) is 48.6 Å². The highest BCUT2D eigenvalue weighted by Gasteiger charge is 2.57. The summed E-state index contributed by atoms with van der Waals surface area (Å²) in [4.78, 5) is 24.6. The third-order valence-corrected chi connectivity index (χ3v) is 9.12. The summed E-state index contributed by atoms with van der Waals surface area (Å²) in [6.07, 6.45) is 6.51. The van der Waals surface area contributed by atoms with E-state index in [-0.39, 0.29) is 37.4 Å². The second kappa shape index (κ2) is 16.4. The van der Waals surface area contributed by atoms with Gasteiger partial charge in [-0.25, -0.2) is 4.79 Å². The molecule has 3 heterocycles. The molecule has 45 heavy (non-hydrogen) atoms. The SMILES string of the molecule is C=C1C[C@](OC)([C@H](O)C(=O)N[C@@H]2OCO[C@H]3[C@@H]2O[C@H](C[C@@H](/C=C/C/C=C/C=C/C(=O)OC)OC)C(C)(C)[C@@H]3OC)O[C@H](C)[C@@H]1C. The first-order valence-electron chi connectivity index (χ1n) is 15.3. The van der Waals surface area contributed by atoms with Gasteiger partial charge in [0.1, 0.15) is 19.0 Å². The van der Waals surface area contributed by atoms with Gasteiger partial charge in [0.25, 0.3) is 5.91 Å². The van der Waals surface area contributed by atoms with Crippen molar-refractivity contribution >= 4 is 11.9 Å². The second-order valence-electron chi connectivity index (χ2n) is 12.3. The lowest BCUT2D eigenvalue weighted by Gasteiger charge is -2.54. The second-order valence-corrected chi connectivity index (χ2v) is 12.3. The Kier molecular flexibility index (Phi) is 13.5. The first kappa shape index (κ1) is 37.0. The van der Waals surface area contributed by atoms with E-state index in [1.165, 1.54) is 20.3 Å². The zero-order chi connectivity index (χ0) is 33.4. The van der Waals surface area contributed by atoms with Crippen LogP contribution < -0.4 is 5.32 Å². The number of ether oxygens (including phenoxy) is 8. The molecular formula is C33H51NO11. The van der Waals surface area contributed by atoms with Crippen molar-refractivity contribution in [1.82, 2.24) is 5.32 Å². The van der Waals surface area contributed by atoms with Crippen LogP contribution in [0.25, 0.3) is 0 Å². The molecule has 3 aliphatic heterocycles. The van der Waals surface area contributed by atoms with Crippen molar-refractivity contribution in [3.63, 3.8) is 0 Å². The Hall–Kier alpha value is -2.42. The molecule has 0 saturated carbocycles. The molecule has 2 N–H and O–H groups in total. The molecular weight excluding hydrogens is 586 g/mol. The molecule has 3 rings (SSSR count). The number of allylic oxidation sites excluding steroid dienone is 4. The summed E-state index contributed by atoms with van der Waals surface area (Å²) in [6, 6.07) is 0. The van der Waals surface area contributed by atoms with E-state index in [0.29, 0.717) is 12.8 Å². The van der Waals surface area contributed by atoms with E-state index >= 15 is 0 Å². The van der Waals surface area contributed by atoms with E-state index in [1.54, 1.807) is 26.4 Å². The number of aliphatic hydroxyl groups is 1. The summed E-state index contributed by atoms with van der Waals surface area (Å²) in [6.45, 7) is 11.9. The molecule has 254 valence electrons. The fraction of sp³-hybridized carbons (Fsp3) is 0.697. The van der Waals surface area contributed by atoms with Crippen LogP contribution in [-0.2, 0) is 47.5 Å². The van der Waals surface area contributed by atoms with Gasteiger partial charge < -0.3 is 48.3 Å². The molecule has 3 fully saturated rings. The normalized spacial score (nSPS) is 35.0. The number of methoxy groups -OCH3 is 4. The molecule has 1 amide bonds. The minimum Gasteiger partial charge on any atom is -0.466 e. The molecule has 0 aliphatic carbocycles. The molecule has 10 atom stereocenters. The number of esters is 1. The summed E-state index contributed by atoms with van der Waals surface area (Å²) in [7, 11) is 5.97. The number of carbonyl (C=O) groups is 2. The first-order chi connectivity index (χ1) is 21.3. The van der Waals surface area contributed by atoms with Crippen LogP contribution in [0.5, 0.6) is 0 Å². The van der Waals surface area contributed by atoms with Crippen molar-refractivity contribution in [3.8, 4) is 0 Å². The van der Waals surface area contributed by atoms with Gasteiger partial charge in [0.15, 0.2) is 12.3 Å². The molecule has 0 bridgehead atoms. The maximum Gasteiger partial charge on any atom is 0.330 e. The van der Waals surface area contributed by atoms with E-state index in [0.717, 1.165) is 5.57 Å². The van der Waals surface area contributed by atoms with Crippen molar-refractivity contribution < 1.29 is 52.6 Å². The summed E-state index contributed by atoms with van der Waals surface area (Å²) in [5.74, 6) is -2.69. The quantitative estimate of drug-likeness (QED) is 0.133. The number of nitrogens with one attached hydrogen (secondary N) is 1. The number of aliphatic hydroxyl groups excluding tert-OH is 1. The molecule has 12 nitrogen and oxygen atoms in total. The van der Waals surface area contributed by atoms with E-state index in [4.69, 9.17) is 33.2 Å². The Bertz CT molecular complexity index is 1100. The van der Waals surface area contributed by atoms with Crippen LogP contribution in [0.1, 0.15) is 47.0 Å². The van der Waals surface area contributed by atoms with Gasteiger partial charge in [-0.2, -0.15) is 0 Å². The number of amides is 1. The molecule has 3 aliphatic rings. The van der Waals surface area contributed by atoms with Crippen LogP contribution in [0.3, 0.4) is 0 Å². The van der Waals surface area contributed by atoms with E-state index in [2.05, 4.69) is 16.6 Å². The van der Waals surface area contributed by atoms with Crippen LogP contribution in [0, 0.1) is 11.3 Å². The molecule has 0 spiro atoms. The van der Waals surface area contributed by atoms with Gasteiger partial charge in [-0.3, -0.25) is 4.79 Å². The highest BCUT2D eigenvalue weighted by molar-refractivity contribution is 5.82. The Labute approximate surface area is 266 Å². The van der Waals surface area contributed by atoms with Crippen molar-refractivity contribution in [2.45, 2.75) is 102 Å². The summed E-state index contributed by atoms with van der Waals surface area (Å²) >= 11 is 0. The van der Waals surface area contributed by atoms with Crippen molar-refractivity contribution in [1.29, 1.82) is 0 Å². The number of hydrogen-bond acceptors (Lipinski definition) is 11. The van der Waals surface area contributed by atoms with E-state index in [9.17, 15) is 14.7 Å². The minimum absolute atomic E-state index is 0.0439. The average molecular weight is 638 g/mol. The van der Waals surface area contributed by atoms with Crippen LogP contribution >= 0.6 is 0 Å². The van der Waals surface area contributed by atoms with Gasteiger partial charge >= 0.3 is 5.97 Å². The Morgan fingerprint density at radius 3 is 2.47 bits per heavy atom. The van der Waals surface area contributed by atoms with Crippen molar-refractivity contribution in [2.24, 2.45) is 11.3 Å². The third kappa shape index (κ3) is 8.69. The zero-order valence-corrected chi connectivity index (χ0v) is 27.7. The molecule has 12 heteroatoms. The fourth-order valence-corrected chi connectivity index (χ4v) is 6.07. The lowest BCUT2D eigenvalue weighted by molar-refractivity contribution is -0.332. The predicted molar refractivity (Wildman–Crippen MR) is 165 cm³/mol. The smallest absolute Gasteiger partial charge is 0.330 e. The maximum absolute atomic E-state index is 13.5. The Morgan fingerprint density at radius 2 is 1.84 bits per heavy atom. The summed E-state index contributed by atoms with van der Waals surface area (Å²) < 4.78 is 46.3. The topological polar surface area (TPSA) is 140 Å². The van der Waals surface area contributed by atoms with Crippen LogP contribution in [-0.4, -0.2) is 107 Å². The molecule has 0 unspecified atom stereocenters. The largest absolute Gasteiger partial charge is 0.466 e. The average Bonchev–Trinajstić information content (AvgIpc) is 3.01. The fourth-order valence-electron chi connectivity index (χ4n) is 6.07. The Balaban J connectivity index is 1.73. The summed E-state index contributed by atoms with van der Waals surface area (Å²) in [5.41, 5.74) is 0.315. The number of hydrogen-bond donors (Lipinski definition) is 2.